The predicted molar refractivity (Wildman–Crippen MR) is 95.1 cm³/mol. The van der Waals surface area contributed by atoms with Crippen molar-refractivity contribution in [1.29, 1.82) is 0 Å². The van der Waals surface area contributed by atoms with E-state index in [2.05, 4.69) is 59.9 Å². The van der Waals surface area contributed by atoms with Crippen molar-refractivity contribution in [2.45, 2.75) is 27.3 Å². The molecule has 0 amide bonds. The van der Waals surface area contributed by atoms with Gasteiger partial charge >= 0.3 is 0 Å². The zero-order valence-electron chi connectivity index (χ0n) is 12.9. The molecule has 3 nitrogen and oxygen atoms in total. The van der Waals surface area contributed by atoms with Crippen LogP contribution in [0.2, 0.25) is 5.28 Å². The van der Waals surface area contributed by atoms with Gasteiger partial charge in [0.15, 0.2) is 0 Å². The first-order valence-corrected chi connectivity index (χ1v) is 8.51. The van der Waals surface area contributed by atoms with Crippen LogP contribution in [0, 0.1) is 13.8 Å². The highest BCUT2D eigenvalue weighted by molar-refractivity contribution is 7.18. The van der Waals surface area contributed by atoms with E-state index >= 15 is 0 Å². The first kappa shape index (κ1) is 15.3. The molecule has 0 radical (unpaired) electrons. The Morgan fingerprint density at radius 2 is 1.86 bits per heavy atom. The number of anilines is 1. The maximum atomic E-state index is 6.15. The highest BCUT2D eigenvalue weighted by Crippen LogP contribution is 2.36. The predicted octanol–water partition coefficient (Wildman–Crippen LogP) is 4.99. The summed E-state index contributed by atoms with van der Waals surface area (Å²) in [7, 11) is 0. The Morgan fingerprint density at radius 3 is 2.55 bits per heavy atom. The summed E-state index contributed by atoms with van der Waals surface area (Å²) in [6.07, 6.45) is 0. The van der Waals surface area contributed by atoms with Crippen molar-refractivity contribution in [2.24, 2.45) is 0 Å². The second kappa shape index (κ2) is 6.23. The number of benzene rings is 1. The average molecular weight is 332 g/mol. The van der Waals surface area contributed by atoms with Gasteiger partial charge < -0.3 is 4.90 Å². The topological polar surface area (TPSA) is 29.0 Å². The highest BCUT2D eigenvalue weighted by Gasteiger charge is 2.18. The molecule has 114 valence electrons. The molecule has 0 aliphatic heterocycles. The molecule has 0 N–H and O–H groups in total. The number of rotatable bonds is 4. The van der Waals surface area contributed by atoms with Crippen LogP contribution in [0.5, 0.6) is 0 Å². The molecule has 0 saturated heterocycles. The van der Waals surface area contributed by atoms with Gasteiger partial charge in [-0.1, -0.05) is 30.3 Å². The van der Waals surface area contributed by atoms with Gasteiger partial charge in [0.25, 0.3) is 0 Å². The van der Waals surface area contributed by atoms with Crippen molar-refractivity contribution in [1.82, 2.24) is 9.97 Å². The minimum absolute atomic E-state index is 0.315. The number of aryl methyl sites for hydroxylation is 2. The largest absolute Gasteiger partial charge is 0.352 e. The fourth-order valence-corrected chi connectivity index (χ4v) is 3.81. The van der Waals surface area contributed by atoms with Crippen LogP contribution < -0.4 is 4.90 Å². The lowest BCUT2D eigenvalue weighted by atomic mass is 10.1. The summed E-state index contributed by atoms with van der Waals surface area (Å²) in [5, 5.41) is 1.44. The molecule has 0 bridgehead atoms. The summed E-state index contributed by atoms with van der Waals surface area (Å²) < 4.78 is 0. The van der Waals surface area contributed by atoms with Gasteiger partial charge in [-0.3, -0.25) is 0 Å². The molecule has 0 unspecified atom stereocenters. The van der Waals surface area contributed by atoms with Gasteiger partial charge in [-0.05, 0) is 43.5 Å². The molecule has 2 heterocycles. The molecule has 2 aromatic heterocycles. The second-order valence-electron chi connectivity index (χ2n) is 5.28. The SMILES string of the molecule is CCN(Cc1ccccc1)c1nc(Cl)nc2sc(C)c(C)c12. The van der Waals surface area contributed by atoms with Crippen molar-refractivity contribution in [3.05, 3.63) is 51.6 Å². The van der Waals surface area contributed by atoms with Crippen LogP contribution in [0.3, 0.4) is 0 Å². The third-order valence-electron chi connectivity index (χ3n) is 3.88. The first-order chi connectivity index (χ1) is 10.6. The van der Waals surface area contributed by atoms with E-state index < -0.39 is 0 Å². The van der Waals surface area contributed by atoms with Crippen LogP contribution in [0.25, 0.3) is 10.2 Å². The Labute approximate surface area is 139 Å². The van der Waals surface area contributed by atoms with Crippen molar-refractivity contribution < 1.29 is 0 Å². The molecule has 0 aliphatic carbocycles. The molecule has 0 fully saturated rings. The maximum absolute atomic E-state index is 6.15. The lowest BCUT2D eigenvalue weighted by Crippen LogP contribution is -2.23. The first-order valence-electron chi connectivity index (χ1n) is 7.32. The summed E-state index contributed by atoms with van der Waals surface area (Å²) in [5.41, 5.74) is 2.51. The van der Waals surface area contributed by atoms with Gasteiger partial charge in [0.05, 0.1) is 5.39 Å². The summed E-state index contributed by atoms with van der Waals surface area (Å²) in [4.78, 5) is 13.4. The number of fused-ring (bicyclic) bond motifs is 1. The molecule has 0 saturated carbocycles. The number of nitrogens with zero attached hydrogens (tertiary/aromatic N) is 3. The summed E-state index contributed by atoms with van der Waals surface area (Å²) in [5.74, 6) is 0.934. The van der Waals surface area contributed by atoms with E-state index in [4.69, 9.17) is 11.6 Å². The van der Waals surface area contributed by atoms with Crippen molar-refractivity contribution >= 4 is 39.0 Å². The number of aromatic nitrogens is 2. The van der Waals surface area contributed by atoms with Crippen LogP contribution in [0.15, 0.2) is 30.3 Å². The molecule has 1 aromatic carbocycles. The Hall–Kier alpha value is -1.65. The van der Waals surface area contributed by atoms with Crippen molar-refractivity contribution in [3.63, 3.8) is 0 Å². The Kier molecular flexibility index (Phi) is 4.32. The lowest BCUT2D eigenvalue weighted by molar-refractivity contribution is 0.816. The maximum Gasteiger partial charge on any atom is 0.225 e. The van der Waals surface area contributed by atoms with Crippen molar-refractivity contribution in [2.75, 3.05) is 11.4 Å². The number of hydrogen-bond acceptors (Lipinski definition) is 4. The van der Waals surface area contributed by atoms with Gasteiger partial charge in [-0.25, -0.2) is 4.98 Å². The smallest absolute Gasteiger partial charge is 0.225 e. The van der Waals surface area contributed by atoms with Crippen LogP contribution in [-0.2, 0) is 6.54 Å². The Balaban J connectivity index is 2.10. The van der Waals surface area contributed by atoms with E-state index in [1.165, 1.54) is 16.0 Å². The zero-order chi connectivity index (χ0) is 15.7. The summed E-state index contributed by atoms with van der Waals surface area (Å²) >= 11 is 7.83. The van der Waals surface area contributed by atoms with Crippen LogP contribution in [0.4, 0.5) is 5.82 Å². The number of halogens is 1. The molecular formula is C17H18ClN3S. The van der Waals surface area contributed by atoms with Crippen LogP contribution in [0.1, 0.15) is 22.9 Å². The average Bonchev–Trinajstić information content (AvgIpc) is 2.80. The Bertz CT molecular complexity index is 799. The third kappa shape index (κ3) is 2.81. The highest BCUT2D eigenvalue weighted by atomic mass is 35.5. The third-order valence-corrected chi connectivity index (χ3v) is 5.15. The van der Waals surface area contributed by atoms with Gasteiger partial charge in [0, 0.05) is 18.0 Å². The van der Waals surface area contributed by atoms with E-state index in [0.29, 0.717) is 5.28 Å². The zero-order valence-corrected chi connectivity index (χ0v) is 14.5. The lowest BCUT2D eigenvalue weighted by Gasteiger charge is -2.23. The second-order valence-corrected chi connectivity index (χ2v) is 6.82. The quantitative estimate of drug-likeness (QED) is 0.631. The van der Waals surface area contributed by atoms with E-state index in [0.717, 1.165) is 29.1 Å². The van der Waals surface area contributed by atoms with Gasteiger partial charge in [0.2, 0.25) is 5.28 Å². The monoisotopic (exact) mass is 331 g/mol. The normalized spacial score (nSPS) is 11.1. The molecular weight excluding hydrogens is 314 g/mol. The Morgan fingerprint density at radius 1 is 1.14 bits per heavy atom. The molecule has 22 heavy (non-hydrogen) atoms. The van der Waals surface area contributed by atoms with Crippen LogP contribution >= 0.6 is 22.9 Å². The molecule has 0 aliphatic rings. The van der Waals surface area contributed by atoms with Gasteiger partial charge in [-0.15, -0.1) is 11.3 Å². The van der Waals surface area contributed by atoms with Crippen LogP contribution in [-0.4, -0.2) is 16.5 Å². The van der Waals surface area contributed by atoms with Gasteiger partial charge in [0.1, 0.15) is 10.6 Å². The summed E-state index contributed by atoms with van der Waals surface area (Å²) in [6.45, 7) is 8.07. The van der Waals surface area contributed by atoms with E-state index in [-0.39, 0.29) is 0 Å². The molecule has 0 atom stereocenters. The van der Waals surface area contributed by atoms with E-state index in [9.17, 15) is 0 Å². The van der Waals surface area contributed by atoms with Crippen molar-refractivity contribution in [3.8, 4) is 0 Å². The number of hydrogen-bond donors (Lipinski definition) is 0. The standard InChI is InChI=1S/C17H18ClN3S/c1-4-21(10-13-8-6-5-7-9-13)15-14-11(2)12(3)22-16(14)20-17(18)19-15/h5-9H,4,10H2,1-3H3. The fourth-order valence-electron chi connectivity index (χ4n) is 2.57. The van der Waals surface area contributed by atoms with Gasteiger partial charge in [-0.2, -0.15) is 4.98 Å². The van der Waals surface area contributed by atoms with E-state index in [1.54, 1.807) is 11.3 Å². The van der Waals surface area contributed by atoms with E-state index in [1.807, 2.05) is 6.07 Å². The summed E-state index contributed by atoms with van der Waals surface area (Å²) in [6, 6.07) is 10.4. The fraction of sp³-hybridized carbons (Fsp3) is 0.294. The molecule has 3 rings (SSSR count). The molecule has 3 aromatic rings. The molecule has 0 spiro atoms. The minimum atomic E-state index is 0.315. The number of thiophene rings is 1. The molecule has 5 heteroatoms. The minimum Gasteiger partial charge on any atom is -0.352 e.